The highest BCUT2D eigenvalue weighted by Crippen LogP contribution is 2.37. The van der Waals surface area contributed by atoms with Gasteiger partial charge in [0, 0.05) is 32.3 Å². The molecule has 1 heterocycles. The van der Waals surface area contributed by atoms with Gasteiger partial charge in [-0.25, -0.2) is 0 Å². The number of nitrogens with zero attached hydrogens (tertiary/aromatic N) is 1. The van der Waals surface area contributed by atoms with Crippen LogP contribution in [-0.2, 0) is 11.3 Å². The summed E-state index contributed by atoms with van der Waals surface area (Å²) < 4.78 is 11.6. The quantitative estimate of drug-likeness (QED) is 0.599. The zero-order chi connectivity index (χ0) is 21.1. The Balaban J connectivity index is 1.53. The lowest BCUT2D eigenvalue weighted by atomic mass is 9.96. The maximum absolute atomic E-state index is 10.5. The Labute approximate surface area is 177 Å². The van der Waals surface area contributed by atoms with Gasteiger partial charge in [-0.2, -0.15) is 0 Å². The van der Waals surface area contributed by atoms with E-state index in [1.165, 1.54) is 0 Å². The Morgan fingerprint density at radius 3 is 2.47 bits per heavy atom. The van der Waals surface area contributed by atoms with Crippen LogP contribution in [0, 0.1) is 0 Å². The molecule has 1 aliphatic heterocycles. The number of methoxy groups -OCH3 is 1. The lowest BCUT2D eigenvalue weighted by Gasteiger charge is -2.47. The first kappa shape index (κ1) is 20.8. The van der Waals surface area contributed by atoms with Crippen molar-refractivity contribution < 1.29 is 19.7 Å². The molecule has 5 heteroatoms. The molecule has 1 saturated heterocycles. The average molecular weight is 408 g/mol. The van der Waals surface area contributed by atoms with Crippen molar-refractivity contribution in [1.29, 1.82) is 0 Å². The van der Waals surface area contributed by atoms with Crippen molar-refractivity contribution in [3.63, 3.8) is 0 Å². The molecule has 0 saturated carbocycles. The molecule has 2 N–H and O–H groups in total. The summed E-state index contributed by atoms with van der Waals surface area (Å²) in [5.41, 5.74) is 2.79. The van der Waals surface area contributed by atoms with E-state index in [-0.39, 0.29) is 18.8 Å². The van der Waals surface area contributed by atoms with Crippen LogP contribution in [0.1, 0.15) is 12.5 Å². The summed E-state index contributed by atoms with van der Waals surface area (Å²) in [6.45, 7) is 4.52. The van der Waals surface area contributed by atoms with Gasteiger partial charge in [-0.3, -0.25) is 4.90 Å². The summed E-state index contributed by atoms with van der Waals surface area (Å²) in [5, 5.41) is 22.1. The molecule has 158 valence electrons. The molecule has 1 aliphatic rings. The number of benzene rings is 3. The molecule has 3 aromatic carbocycles. The second-order valence-corrected chi connectivity index (χ2v) is 8.30. The lowest BCUT2D eigenvalue weighted by molar-refractivity contribution is -0.121. The minimum absolute atomic E-state index is 0.0178. The van der Waals surface area contributed by atoms with Crippen LogP contribution in [0.2, 0.25) is 0 Å². The van der Waals surface area contributed by atoms with E-state index in [0.717, 1.165) is 46.3 Å². The molecule has 3 aromatic rings. The van der Waals surface area contributed by atoms with Crippen molar-refractivity contribution in [1.82, 2.24) is 4.90 Å². The summed E-state index contributed by atoms with van der Waals surface area (Å²) >= 11 is 0. The van der Waals surface area contributed by atoms with Crippen molar-refractivity contribution in [3.8, 4) is 16.9 Å². The van der Waals surface area contributed by atoms with Gasteiger partial charge in [0.2, 0.25) is 0 Å². The molecule has 1 unspecified atom stereocenters. The molecule has 0 amide bonds. The molecule has 0 radical (unpaired) electrons. The fourth-order valence-corrected chi connectivity index (χ4v) is 4.14. The molecular weight excluding hydrogens is 378 g/mol. The minimum Gasteiger partial charge on any atom is -0.490 e. The van der Waals surface area contributed by atoms with Gasteiger partial charge < -0.3 is 19.7 Å². The van der Waals surface area contributed by atoms with Crippen molar-refractivity contribution in [2.24, 2.45) is 0 Å². The van der Waals surface area contributed by atoms with Gasteiger partial charge in [-0.15, -0.1) is 0 Å². The van der Waals surface area contributed by atoms with E-state index in [1.54, 1.807) is 7.11 Å². The number of hydrogen-bond acceptors (Lipinski definition) is 5. The Morgan fingerprint density at radius 2 is 1.77 bits per heavy atom. The van der Waals surface area contributed by atoms with Crippen LogP contribution < -0.4 is 4.74 Å². The Kier molecular flexibility index (Phi) is 6.06. The standard InChI is InChI=1S/C25H29NO4/c1-25(29-2)16-26(17-25)13-21(28)15-30-23-12-11-19-5-3-4-6-22(19)24(23)20-9-7-18(14-27)8-10-20/h3-12,21,27-28H,13-17H2,1-2H3. The van der Waals surface area contributed by atoms with Crippen LogP contribution in [0.15, 0.2) is 60.7 Å². The predicted molar refractivity (Wildman–Crippen MR) is 119 cm³/mol. The van der Waals surface area contributed by atoms with Gasteiger partial charge in [0.25, 0.3) is 0 Å². The van der Waals surface area contributed by atoms with Gasteiger partial charge in [0.05, 0.1) is 12.2 Å². The van der Waals surface area contributed by atoms with Crippen LogP contribution in [0.25, 0.3) is 21.9 Å². The highest BCUT2D eigenvalue weighted by atomic mass is 16.5. The molecule has 4 rings (SSSR count). The fourth-order valence-electron chi connectivity index (χ4n) is 4.14. The van der Waals surface area contributed by atoms with E-state index in [4.69, 9.17) is 9.47 Å². The molecule has 5 nitrogen and oxygen atoms in total. The van der Waals surface area contributed by atoms with Crippen LogP contribution in [-0.4, -0.2) is 60.2 Å². The molecule has 1 fully saturated rings. The van der Waals surface area contributed by atoms with E-state index < -0.39 is 6.10 Å². The van der Waals surface area contributed by atoms with Gasteiger partial charge in [-0.05, 0) is 34.9 Å². The second kappa shape index (κ2) is 8.74. The highest BCUT2D eigenvalue weighted by molar-refractivity contribution is 5.99. The number of aliphatic hydroxyl groups is 2. The van der Waals surface area contributed by atoms with E-state index >= 15 is 0 Å². The normalized spacial score (nSPS) is 16.9. The van der Waals surface area contributed by atoms with Crippen molar-refractivity contribution in [2.45, 2.75) is 25.2 Å². The van der Waals surface area contributed by atoms with E-state index in [2.05, 4.69) is 24.0 Å². The number of aliphatic hydroxyl groups excluding tert-OH is 2. The molecule has 0 bridgehead atoms. The highest BCUT2D eigenvalue weighted by Gasteiger charge is 2.39. The maximum atomic E-state index is 10.5. The molecule has 0 spiro atoms. The van der Waals surface area contributed by atoms with Crippen molar-refractivity contribution in [3.05, 3.63) is 66.2 Å². The number of rotatable bonds is 8. The third kappa shape index (κ3) is 4.35. The Morgan fingerprint density at radius 1 is 1.03 bits per heavy atom. The van der Waals surface area contributed by atoms with Crippen LogP contribution >= 0.6 is 0 Å². The monoisotopic (exact) mass is 407 g/mol. The topological polar surface area (TPSA) is 62.2 Å². The average Bonchev–Trinajstić information content (AvgIpc) is 2.76. The zero-order valence-corrected chi connectivity index (χ0v) is 17.5. The zero-order valence-electron chi connectivity index (χ0n) is 17.5. The van der Waals surface area contributed by atoms with E-state index in [1.807, 2.05) is 48.5 Å². The van der Waals surface area contributed by atoms with Crippen LogP contribution in [0.5, 0.6) is 5.75 Å². The Hall–Kier alpha value is -2.44. The third-order valence-corrected chi connectivity index (χ3v) is 5.83. The molecule has 1 atom stereocenters. The number of likely N-dealkylation sites (tertiary alicyclic amines) is 1. The minimum atomic E-state index is -0.581. The lowest BCUT2D eigenvalue weighted by Crippen LogP contribution is -2.62. The third-order valence-electron chi connectivity index (χ3n) is 5.83. The predicted octanol–water partition coefficient (Wildman–Crippen LogP) is 3.46. The number of fused-ring (bicyclic) bond motifs is 1. The summed E-state index contributed by atoms with van der Waals surface area (Å²) in [6, 6.07) is 20.1. The molecule has 0 aliphatic carbocycles. The number of ether oxygens (including phenoxy) is 2. The fraction of sp³-hybridized carbons (Fsp3) is 0.360. The summed E-state index contributed by atoms with van der Waals surface area (Å²) in [7, 11) is 1.73. The summed E-state index contributed by atoms with van der Waals surface area (Å²) in [4.78, 5) is 2.17. The first-order valence-electron chi connectivity index (χ1n) is 10.3. The number of hydrogen-bond donors (Lipinski definition) is 2. The molecular formula is C25H29NO4. The first-order chi connectivity index (χ1) is 14.5. The first-order valence-corrected chi connectivity index (χ1v) is 10.3. The van der Waals surface area contributed by atoms with Crippen molar-refractivity contribution in [2.75, 3.05) is 33.4 Å². The van der Waals surface area contributed by atoms with Gasteiger partial charge in [0.1, 0.15) is 18.5 Å². The van der Waals surface area contributed by atoms with Gasteiger partial charge in [0.15, 0.2) is 0 Å². The van der Waals surface area contributed by atoms with Gasteiger partial charge >= 0.3 is 0 Å². The SMILES string of the molecule is COC1(C)CN(CC(O)COc2ccc3ccccc3c2-c2ccc(CO)cc2)C1. The van der Waals surface area contributed by atoms with Crippen LogP contribution in [0.4, 0.5) is 0 Å². The molecule has 30 heavy (non-hydrogen) atoms. The second-order valence-electron chi connectivity index (χ2n) is 8.30. The maximum Gasteiger partial charge on any atom is 0.127 e. The van der Waals surface area contributed by atoms with Gasteiger partial charge in [-0.1, -0.05) is 54.6 Å². The molecule has 0 aromatic heterocycles. The summed E-state index contributed by atoms with van der Waals surface area (Å²) in [5.74, 6) is 0.745. The van der Waals surface area contributed by atoms with E-state index in [0.29, 0.717) is 6.54 Å². The van der Waals surface area contributed by atoms with Crippen molar-refractivity contribution >= 4 is 10.8 Å². The Bertz CT molecular complexity index is 996. The van der Waals surface area contributed by atoms with Crippen LogP contribution in [0.3, 0.4) is 0 Å². The van der Waals surface area contributed by atoms with E-state index in [9.17, 15) is 10.2 Å². The summed E-state index contributed by atoms with van der Waals surface area (Å²) in [6.07, 6.45) is -0.581. The smallest absolute Gasteiger partial charge is 0.127 e. The number of β-amino-alcohol motifs (C(OH)–C–C–N with tert-alkyl or cyclic N) is 1. The largest absolute Gasteiger partial charge is 0.490 e.